The van der Waals surface area contributed by atoms with Crippen LogP contribution in [0.5, 0.6) is 0 Å². The number of nitrogens with one attached hydrogen (secondary N) is 1. The average Bonchev–Trinajstić information content (AvgIpc) is 2.95. The third kappa shape index (κ3) is 3.62. The van der Waals surface area contributed by atoms with Crippen molar-refractivity contribution in [3.63, 3.8) is 0 Å². The Bertz CT molecular complexity index is 741. The van der Waals surface area contributed by atoms with Gasteiger partial charge in [0.05, 0.1) is 0 Å². The highest BCUT2D eigenvalue weighted by atomic mass is 19.1. The second kappa shape index (κ2) is 6.83. The van der Waals surface area contributed by atoms with Gasteiger partial charge in [-0.2, -0.15) is 0 Å². The predicted octanol–water partition coefficient (Wildman–Crippen LogP) is 2.92. The Morgan fingerprint density at radius 1 is 1.17 bits per heavy atom. The van der Waals surface area contributed by atoms with Crippen molar-refractivity contribution < 1.29 is 14.0 Å². The normalized spacial score (nSPS) is 17.2. The summed E-state index contributed by atoms with van der Waals surface area (Å²) < 4.78 is 13.0. The van der Waals surface area contributed by atoms with Crippen LogP contribution in [0.15, 0.2) is 48.5 Å². The number of aryl methyl sites for hydroxylation is 1. The van der Waals surface area contributed by atoms with Gasteiger partial charge in [-0.25, -0.2) is 4.39 Å². The van der Waals surface area contributed by atoms with Crippen LogP contribution in [0.1, 0.15) is 22.3 Å². The molecule has 2 aromatic rings. The van der Waals surface area contributed by atoms with Crippen LogP contribution in [0.4, 0.5) is 10.1 Å². The fraction of sp³-hybridized carbons (Fsp3) is 0.263. The molecule has 1 atom stereocenters. The predicted molar refractivity (Wildman–Crippen MR) is 90.4 cm³/mol. The molecule has 5 heteroatoms. The minimum atomic E-state index is -0.327. The van der Waals surface area contributed by atoms with Crippen LogP contribution in [0, 0.1) is 18.7 Å². The first-order chi connectivity index (χ1) is 11.5. The Balaban J connectivity index is 1.57. The molecule has 1 heterocycles. The van der Waals surface area contributed by atoms with Gasteiger partial charge in [0.25, 0.3) is 5.91 Å². The summed E-state index contributed by atoms with van der Waals surface area (Å²) in [5, 5.41) is 2.88. The molecule has 1 saturated heterocycles. The highest BCUT2D eigenvalue weighted by molar-refractivity contribution is 5.96. The van der Waals surface area contributed by atoms with Crippen LogP contribution in [-0.4, -0.2) is 24.9 Å². The highest BCUT2D eigenvalue weighted by Gasteiger charge is 2.30. The summed E-state index contributed by atoms with van der Waals surface area (Å²) in [6.45, 7) is 2.94. The summed E-state index contributed by atoms with van der Waals surface area (Å²) in [7, 11) is 0. The van der Waals surface area contributed by atoms with Gasteiger partial charge in [0.15, 0.2) is 0 Å². The van der Waals surface area contributed by atoms with Crippen LogP contribution in [0.2, 0.25) is 0 Å². The van der Waals surface area contributed by atoms with Gasteiger partial charge in [0.1, 0.15) is 5.82 Å². The molecule has 0 radical (unpaired) electrons. The van der Waals surface area contributed by atoms with E-state index in [1.807, 2.05) is 19.1 Å². The quantitative estimate of drug-likeness (QED) is 0.939. The van der Waals surface area contributed by atoms with Crippen molar-refractivity contribution in [2.75, 3.05) is 18.0 Å². The van der Waals surface area contributed by atoms with E-state index in [1.165, 1.54) is 12.1 Å². The number of rotatable bonds is 4. The smallest absolute Gasteiger partial charge is 0.251 e. The zero-order valence-corrected chi connectivity index (χ0v) is 13.5. The van der Waals surface area contributed by atoms with E-state index in [4.69, 9.17) is 0 Å². The molecule has 2 aromatic carbocycles. The summed E-state index contributed by atoms with van der Waals surface area (Å²) in [5.41, 5.74) is 2.40. The molecule has 1 N–H and O–H groups in total. The van der Waals surface area contributed by atoms with Crippen molar-refractivity contribution in [2.24, 2.45) is 5.92 Å². The zero-order chi connectivity index (χ0) is 17.1. The number of carbonyl (C=O) groups excluding carboxylic acids is 2. The summed E-state index contributed by atoms with van der Waals surface area (Å²) in [6.07, 6.45) is 0.381. The molecule has 2 amide bonds. The van der Waals surface area contributed by atoms with E-state index in [-0.39, 0.29) is 23.5 Å². The summed E-state index contributed by atoms with van der Waals surface area (Å²) >= 11 is 0. The fourth-order valence-electron chi connectivity index (χ4n) is 2.83. The molecule has 0 aliphatic carbocycles. The first kappa shape index (κ1) is 16.2. The van der Waals surface area contributed by atoms with Gasteiger partial charge in [0, 0.05) is 36.7 Å². The Hall–Kier alpha value is -2.69. The number of hydrogen-bond donors (Lipinski definition) is 1. The SMILES string of the molecule is Cc1ccc(C(=O)NCC2CC(=O)N(c3ccc(F)cc3)C2)cc1. The van der Waals surface area contributed by atoms with Crippen molar-refractivity contribution in [2.45, 2.75) is 13.3 Å². The standard InChI is InChI=1S/C19H19FN2O2/c1-13-2-4-15(5-3-13)19(24)21-11-14-10-18(23)22(12-14)17-8-6-16(20)7-9-17/h2-9,14H,10-12H2,1H3,(H,21,24). The van der Waals surface area contributed by atoms with E-state index < -0.39 is 0 Å². The van der Waals surface area contributed by atoms with Crippen molar-refractivity contribution in [1.29, 1.82) is 0 Å². The molecule has 0 saturated carbocycles. The highest BCUT2D eigenvalue weighted by Crippen LogP contribution is 2.24. The monoisotopic (exact) mass is 326 g/mol. The van der Waals surface area contributed by atoms with E-state index in [1.54, 1.807) is 29.2 Å². The lowest BCUT2D eigenvalue weighted by atomic mass is 10.1. The van der Waals surface area contributed by atoms with E-state index in [0.29, 0.717) is 30.8 Å². The van der Waals surface area contributed by atoms with Crippen LogP contribution in [-0.2, 0) is 4.79 Å². The third-order valence-corrected chi connectivity index (χ3v) is 4.21. The maximum atomic E-state index is 13.0. The first-order valence-corrected chi connectivity index (χ1v) is 7.94. The van der Waals surface area contributed by atoms with Gasteiger partial charge in [-0.05, 0) is 43.3 Å². The lowest BCUT2D eigenvalue weighted by Crippen LogP contribution is -2.31. The van der Waals surface area contributed by atoms with Gasteiger partial charge >= 0.3 is 0 Å². The molecule has 0 aromatic heterocycles. The van der Waals surface area contributed by atoms with E-state index in [9.17, 15) is 14.0 Å². The molecule has 24 heavy (non-hydrogen) atoms. The molecule has 0 spiro atoms. The first-order valence-electron chi connectivity index (χ1n) is 7.94. The number of carbonyl (C=O) groups is 2. The topological polar surface area (TPSA) is 49.4 Å². The Morgan fingerprint density at radius 2 is 1.83 bits per heavy atom. The Labute approximate surface area is 140 Å². The lowest BCUT2D eigenvalue weighted by molar-refractivity contribution is -0.117. The number of halogens is 1. The minimum Gasteiger partial charge on any atom is -0.352 e. The summed E-state index contributed by atoms with van der Waals surface area (Å²) in [5.74, 6) is -0.414. The van der Waals surface area contributed by atoms with Crippen LogP contribution < -0.4 is 10.2 Å². The molecule has 1 fully saturated rings. The Morgan fingerprint density at radius 3 is 2.50 bits per heavy atom. The van der Waals surface area contributed by atoms with Crippen LogP contribution in [0.3, 0.4) is 0 Å². The van der Waals surface area contributed by atoms with Crippen LogP contribution in [0.25, 0.3) is 0 Å². The van der Waals surface area contributed by atoms with Crippen molar-refractivity contribution in [1.82, 2.24) is 5.32 Å². The molecule has 1 aliphatic rings. The average molecular weight is 326 g/mol. The molecule has 4 nitrogen and oxygen atoms in total. The molecular formula is C19H19FN2O2. The van der Waals surface area contributed by atoms with Crippen molar-refractivity contribution >= 4 is 17.5 Å². The number of hydrogen-bond acceptors (Lipinski definition) is 2. The summed E-state index contributed by atoms with van der Waals surface area (Å²) in [4.78, 5) is 25.9. The zero-order valence-electron chi connectivity index (χ0n) is 13.5. The maximum Gasteiger partial charge on any atom is 0.251 e. The van der Waals surface area contributed by atoms with Crippen molar-refractivity contribution in [3.8, 4) is 0 Å². The van der Waals surface area contributed by atoms with Gasteiger partial charge < -0.3 is 10.2 Å². The number of nitrogens with zero attached hydrogens (tertiary/aromatic N) is 1. The lowest BCUT2D eigenvalue weighted by Gasteiger charge is -2.17. The summed E-state index contributed by atoms with van der Waals surface area (Å²) in [6, 6.07) is 13.2. The molecule has 124 valence electrons. The molecule has 3 rings (SSSR count). The maximum absolute atomic E-state index is 13.0. The number of benzene rings is 2. The second-order valence-electron chi connectivity index (χ2n) is 6.13. The van der Waals surface area contributed by atoms with Gasteiger partial charge in [0.2, 0.25) is 5.91 Å². The Kier molecular flexibility index (Phi) is 4.60. The largest absolute Gasteiger partial charge is 0.352 e. The van der Waals surface area contributed by atoms with Crippen LogP contribution >= 0.6 is 0 Å². The molecule has 1 aliphatic heterocycles. The van der Waals surface area contributed by atoms with Gasteiger partial charge in [-0.15, -0.1) is 0 Å². The van der Waals surface area contributed by atoms with E-state index >= 15 is 0 Å². The third-order valence-electron chi connectivity index (χ3n) is 4.21. The van der Waals surface area contributed by atoms with E-state index in [2.05, 4.69) is 5.32 Å². The number of anilines is 1. The second-order valence-corrected chi connectivity index (χ2v) is 6.13. The fourth-order valence-corrected chi connectivity index (χ4v) is 2.83. The van der Waals surface area contributed by atoms with Gasteiger partial charge in [-0.3, -0.25) is 9.59 Å². The molecule has 1 unspecified atom stereocenters. The van der Waals surface area contributed by atoms with Gasteiger partial charge in [-0.1, -0.05) is 17.7 Å². The minimum absolute atomic E-state index is 0.00352. The molecular weight excluding hydrogens is 307 g/mol. The molecule has 0 bridgehead atoms. The van der Waals surface area contributed by atoms with E-state index in [0.717, 1.165) is 5.56 Å². The van der Waals surface area contributed by atoms with Crippen molar-refractivity contribution in [3.05, 3.63) is 65.5 Å². The number of amides is 2.